The van der Waals surface area contributed by atoms with E-state index in [-0.39, 0.29) is 0 Å². The second kappa shape index (κ2) is 3.92. The number of fused-ring (bicyclic) bond motifs is 3. The van der Waals surface area contributed by atoms with E-state index in [0.717, 1.165) is 33.2 Å². The summed E-state index contributed by atoms with van der Waals surface area (Å²) in [4.78, 5) is 12.3. The summed E-state index contributed by atoms with van der Waals surface area (Å²) >= 11 is 0. The number of rotatable bonds is 1. The predicted octanol–water partition coefficient (Wildman–Crippen LogP) is 3.78. The Morgan fingerprint density at radius 2 is 1.68 bits per heavy atom. The van der Waals surface area contributed by atoms with Gasteiger partial charge in [-0.05, 0) is 24.3 Å². The maximum absolute atomic E-state index is 4.46. The fourth-order valence-corrected chi connectivity index (χ4v) is 2.40. The van der Waals surface area contributed by atoms with E-state index < -0.39 is 0 Å². The number of H-pyrrole nitrogens is 1. The van der Waals surface area contributed by atoms with Crippen molar-refractivity contribution in [2.45, 2.75) is 0 Å². The number of nitrogens with zero attached hydrogens (tertiary/aromatic N) is 2. The first-order valence-corrected chi connectivity index (χ1v) is 6.20. The van der Waals surface area contributed by atoms with E-state index >= 15 is 0 Å². The first-order valence-electron chi connectivity index (χ1n) is 6.20. The zero-order chi connectivity index (χ0) is 12.7. The van der Waals surface area contributed by atoms with Gasteiger partial charge in [0, 0.05) is 23.2 Å². The number of aromatic amines is 1. The van der Waals surface area contributed by atoms with Gasteiger partial charge < -0.3 is 4.98 Å². The third-order valence-corrected chi connectivity index (χ3v) is 3.31. The Morgan fingerprint density at radius 1 is 0.789 bits per heavy atom. The van der Waals surface area contributed by atoms with Gasteiger partial charge in [0.25, 0.3) is 0 Å². The highest BCUT2D eigenvalue weighted by atomic mass is 14.8. The normalized spacial score (nSPS) is 11.2. The van der Waals surface area contributed by atoms with Crippen LogP contribution in [0.1, 0.15) is 0 Å². The Balaban J connectivity index is 2.04. The average molecular weight is 245 g/mol. The van der Waals surface area contributed by atoms with Crippen LogP contribution >= 0.6 is 0 Å². The second-order valence-corrected chi connectivity index (χ2v) is 4.50. The first kappa shape index (κ1) is 10.3. The van der Waals surface area contributed by atoms with Gasteiger partial charge in [0.15, 0.2) is 0 Å². The molecule has 0 unspecified atom stereocenters. The molecule has 0 atom stereocenters. The molecular formula is C16H11N3. The van der Waals surface area contributed by atoms with Crippen LogP contribution in [0.3, 0.4) is 0 Å². The van der Waals surface area contributed by atoms with Crippen molar-refractivity contribution in [1.29, 1.82) is 0 Å². The molecule has 19 heavy (non-hydrogen) atoms. The molecule has 0 aliphatic rings. The quantitative estimate of drug-likeness (QED) is 0.554. The molecule has 4 rings (SSSR count). The van der Waals surface area contributed by atoms with Crippen LogP contribution in [0, 0.1) is 0 Å². The van der Waals surface area contributed by atoms with Gasteiger partial charge in [0.05, 0.1) is 22.4 Å². The van der Waals surface area contributed by atoms with E-state index in [1.807, 2.05) is 30.5 Å². The molecule has 90 valence electrons. The Kier molecular flexibility index (Phi) is 2.12. The monoisotopic (exact) mass is 245 g/mol. The van der Waals surface area contributed by atoms with Crippen molar-refractivity contribution in [1.82, 2.24) is 15.0 Å². The predicted molar refractivity (Wildman–Crippen MR) is 76.8 cm³/mol. The third-order valence-electron chi connectivity index (χ3n) is 3.31. The van der Waals surface area contributed by atoms with Crippen molar-refractivity contribution in [3.8, 4) is 11.4 Å². The van der Waals surface area contributed by atoms with Crippen LogP contribution in [0.15, 0.2) is 60.9 Å². The molecule has 1 N–H and O–H groups in total. The van der Waals surface area contributed by atoms with E-state index in [1.54, 1.807) is 6.20 Å². The zero-order valence-electron chi connectivity index (χ0n) is 10.2. The molecule has 0 amide bonds. The van der Waals surface area contributed by atoms with E-state index in [1.165, 1.54) is 0 Å². The Morgan fingerprint density at radius 3 is 2.58 bits per heavy atom. The third kappa shape index (κ3) is 1.59. The second-order valence-electron chi connectivity index (χ2n) is 4.50. The molecule has 0 saturated heterocycles. The Hall–Kier alpha value is -2.68. The van der Waals surface area contributed by atoms with Gasteiger partial charge in [-0.1, -0.05) is 24.3 Å². The average Bonchev–Trinajstić information content (AvgIpc) is 2.93. The van der Waals surface area contributed by atoms with Crippen molar-refractivity contribution in [2.24, 2.45) is 0 Å². The van der Waals surface area contributed by atoms with E-state index in [2.05, 4.69) is 39.2 Å². The number of nitrogens with one attached hydrogen (secondary N) is 1. The van der Waals surface area contributed by atoms with Crippen molar-refractivity contribution in [2.75, 3.05) is 0 Å². The van der Waals surface area contributed by atoms with Crippen LogP contribution in [-0.4, -0.2) is 15.0 Å². The molecule has 0 fully saturated rings. The Bertz CT molecular complexity index is 863. The highest BCUT2D eigenvalue weighted by Crippen LogP contribution is 2.27. The lowest BCUT2D eigenvalue weighted by atomic mass is 10.1. The number of benzene rings is 1. The number of pyridine rings is 2. The van der Waals surface area contributed by atoms with Crippen LogP contribution in [0.4, 0.5) is 0 Å². The number of hydrogen-bond acceptors (Lipinski definition) is 2. The fraction of sp³-hybridized carbons (Fsp3) is 0. The molecule has 1 aromatic carbocycles. The summed E-state index contributed by atoms with van der Waals surface area (Å²) in [5, 5.41) is 2.30. The molecule has 0 radical (unpaired) electrons. The van der Waals surface area contributed by atoms with Crippen LogP contribution in [-0.2, 0) is 0 Å². The lowest BCUT2D eigenvalue weighted by Crippen LogP contribution is -1.82. The molecule has 0 aliphatic heterocycles. The summed E-state index contributed by atoms with van der Waals surface area (Å²) in [6, 6.07) is 16.3. The minimum Gasteiger partial charge on any atom is -0.351 e. The van der Waals surface area contributed by atoms with Crippen molar-refractivity contribution in [3.63, 3.8) is 0 Å². The maximum atomic E-state index is 4.46. The van der Waals surface area contributed by atoms with Gasteiger partial charge in [0.2, 0.25) is 0 Å². The molecule has 3 nitrogen and oxygen atoms in total. The topological polar surface area (TPSA) is 41.6 Å². The lowest BCUT2D eigenvalue weighted by molar-refractivity contribution is 1.29. The zero-order valence-corrected chi connectivity index (χ0v) is 10.2. The lowest BCUT2D eigenvalue weighted by Gasteiger charge is -1.97. The van der Waals surface area contributed by atoms with Crippen LogP contribution in [0.25, 0.3) is 33.2 Å². The molecule has 3 heterocycles. The Labute approximate surface area is 110 Å². The summed E-state index contributed by atoms with van der Waals surface area (Å²) in [5.74, 6) is 0. The highest BCUT2D eigenvalue weighted by Gasteiger charge is 2.07. The molecule has 3 aromatic heterocycles. The standard InChI is InChI=1S/C16H11N3/c1-2-8-17-13(5-1)14-10-12-7-6-11-4-3-9-18-15(11)16(12)19-14/h1-10,19H. The first-order chi connectivity index (χ1) is 9.42. The van der Waals surface area contributed by atoms with Crippen LogP contribution < -0.4 is 0 Å². The highest BCUT2D eigenvalue weighted by molar-refractivity contribution is 6.04. The number of hydrogen-bond donors (Lipinski definition) is 1. The van der Waals surface area contributed by atoms with Gasteiger partial charge in [0.1, 0.15) is 0 Å². The fourth-order valence-electron chi connectivity index (χ4n) is 2.40. The van der Waals surface area contributed by atoms with E-state index in [9.17, 15) is 0 Å². The minimum absolute atomic E-state index is 0.947. The van der Waals surface area contributed by atoms with E-state index in [0.29, 0.717) is 0 Å². The minimum atomic E-state index is 0.947. The molecule has 0 bridgehead atoms. The molecule has 0 saturated carbocycles. The van der Waals surface area contributed by atoms with Gasteiger partial charge in [-0.15, -0.1) is 0 Å². The summed E-state index contributed by atoms with van der Waals surface area (Å²) in [6.07, 6.45) is 3.63. The smallest absolute Gasteiger partial charge is 0.0942 e. The maximum Gasteiger partial charge on any atom is 0.0942 e. The summed E-state index contributed by atoms with van der Waals surface area (Å²) in [5.41, 5.74) is 4.04. The SMILES string of the molecule is c1ccc(-c2cc3ccc4cccnc4c3[nH]2)nc1. The van der Waals surface area contributed by atoms with E-state index in [4.69, 9.17) is 0 Å². The van der Waals surface area contributed by atoms with Crippen molar-refractivity contribution >= 4 is 21.8 Å². The van der Waals surface area contributed by atoms with Crippen LogP contribution in [0.5, 0.6) is 0 Å². The molecule has 3 heteroatoms. The summed E-state index contributed by atoms with van der Waals surface area (Å²) < 4.78 is 0. The molecule has 4 aromatic rings. The summed E-state index contributed by atoms with van der Waals surface area (Å²) in [6.45, 7) is 0. The largest absolute Gasteiger partial charge is 0.351 e. The number of aromatic nitrogens is 3. The molecule has 0 spiro atoms. The van der Waals surface area contributed by atoms with Gasteiger partial charge in [-0.25, -0.2) is 0 Å². The van der Waals surface area contributed by atoms with Crippen LogP contribution in [0.2, 0.25) is 0 Å². The van der Waals surface area contributed by atoms with Gasteiger partial charge in [-0.3, -0.25) is 9.97 Å². The van der Waals surface area contributed by atoms with Crippen molar-refractivity contribution < 1.29 is 0 Å². The van der Waals surface area contributed by atoms with Crippen molar-refractivity contribution in [3.05, 3.63) is 60.9 Å². The van der Waals surface area contributed by atoms with Gasteiger partial charge in [-0.2, -0.15) is 0 Å². The van der Waals surface area contributed by atoms with Gasteiger partial charge >= 0.3 is 0 Å². The molecule has 0 aliphatic carbocycles. The molecular weight excluding hydrogens is 234 g/mol. The summed E-state index contributed by atoms with van der Waals surface area (Å²) in [7, 11) is 0.